The predicted octanol–water partition coefficient (Wildman–Crippen LogP) is 2.64. The van der Waals surface area contributed by atoms with Crippen molar-refractivity contribution in [3.8, 4) is 6.07 Å². The standard InChI is InChI=1S/C11H19NO/c1-9(8-12)5-6-10(13)7-11(2,3)4/h5,10,13H,6-7H2,1-4H3/b9-5+/t10-/m1/s1. The van der Waals surface area contributed by atoms with Crippen molar-refractivity contribution in [2.75, 3.05) is 0 Å². The Hall–Kier alpha value is -0.810. The molecule has 0 aliphatic heterocycles. The smallest absolute Gasteiger partial charge is 0.0940 e. The molecule has 0 heterocycles. The van der Waals surface area contributed by atoms with E-state index in [4.69, 9.17) is 5.26 Å². The van der Waals surface area contributed by atoms with Crippen LogP contribution in [0.3, 0.4) is 0 Å². The van der Waals surface area contributed by atoms with E-state index in [2.05, 4.69) is 20.8 Å². The quantitative estimate of drug-likeness (QED) is 0.680. The molecular formula is C11H19NO. The zero-order chi connectivity index (χ0) is 10.5. The number of nitrogens with zero attached hydrogens (tertiary/aromatic N) is 1. The van der Waals surface area contributed by atoms with Gasteiger partial charge in [-0.05, 0) is 25.2 Å². The van der Waals surface area contributed by atoms with Crippen molar-refractivity contribution in [1.29, 1.82) is 5.26 Å². The Labute approximate surface area is 80.9 Å². The van der Waals surface area contributed by atoms with Crippen molar-refractivity contribution in [2.24, 2.45) is 5.41 Å². The van der Waals surface area contributed by atoms with Crippen LogP contribution in [-0.4, -0.2) is 11.2 Å². The summed E-state index contributed by atoms with van der Waals surface area (Å²) in [6, 6.07) is 2.03. The number of aliphatic hydroxyl groups is 1. The summed E-state index contributed by atoms with van der Waals surface area (Å²) in [7, 11) is 0. The SMILES string of the molecule is C/C(C#N)=C\C[C@@H](O)CC(C)(C)C. The fourth-order valence-electron chi connectivity index (χ4n) is 1.15. The molecule has 0 fully saturated rings. The van der Waals surface area contributed by atoms with Gasteiger partial charge in [0.05, 0.1) is 12.2 Å². The van der Waals surface area contributed by atoms with E-state index in [-0.39, 0.29) is 11.5 Å². The van der Waals surface area contributed by atoms with Crippen molar-refractivity contribution < 1.29 is 5.11 Å². The van der Waals surface area contributed by atoms with Crippen molar-refractivity contribution in [3.05, 3.63) is 11.6 Å². The van der Waals surface area contributed by atoms with Crippen LogP contribution in [0.1, 0.15) is 40.5 Å². The van der Waals surface area contributed by atoms with E-state index in [1.165, 1.54) is 0 Å². The lowest BCUT2D eigenvalue weighted by Crippen LogP contribution is -2.16. The molecule has 0 saturated heterocycles. The molecule has 0 aromatic heterocycles. The highest BCUT2D eigenvalue weighted by Gasteiger charge is 2.15. The lowest BCUT2D eigenvalue weighted by Gasteiger charge is -2.21. The van der Waals surface area contributed by atoms with E-state index in [9.17, 15) is 5.11 Å². The first-order chi connectivity index (χ1) is 5.85. The second-order valence-corrected chi connectivity index (χ2v) is 4.65. The molecule has 0 aliphatic carbocycles. The third kappa shape index (κ3) is 7.55. The van der Waals surface area contributed by atoms with Gasteiger partial charge < -0.3 is 5.11 Å². The van der Waals surface area contributed by atoms with Crippen LogP contribution in [0, 0.1) is 16.7 Å². The summed E-state index contributed by atoms with van der Waals surface area (Å²) in [5, 5.41) is 18.1. The van der Waals surface area contributed by atoms with Gasteiger partial charge in [-0.2, -0.15) is 5.26 Å². The van der Waals surface area contributed by atoms with Gasteiger partial charge >= 0.3 is 0 Å². The molecule has 0 aromatic rings. The highest BCUT2D eigenvalue weighted by atomic mass is 16.3. The van der Waals surface area contributed by atoms with Crippen molar-refractivity contribution in [3.63, 3.8) is 0 Å². The Kier molecular flexibility index (Phi) is 4.72. The van der Waals surface area contributed by atoms with E-state index in [0.717, 1.165) is 6.42 Å². The first kappa shape index (κ1) is 12.2. The second-order valence-electron chi connectivity index (χ2n) is 4.65. The van der Waals surface area contributed by atoms with Crippen LogP contribution in [-0.2, 0) is 0 Å². The first-order valence-electron chi connectivity index (χ1n) is 4.60. The van der Waals surface area contributed by atoms with Crippen molar-refractivity contribution in [1.82, 2.24) is 0 Å². The molecule has 2 heteroatoms. The number of hydrogen-bond donors (Lipinski definition) is 1. The number of nitriles is 1. The maximum Gasteiger partial charge on any atom is 0.0940 e. The normalized spacial score (nSPS) is 15.2. The largest absolute Gasteiger partial charge is 0.393 e. The van der Waals surface area contributed by atoms with Crippen LogP contribution < -0.4 is 0 Å². The number of rotatable bonds is 3. The maximum absolute atomic E-state index is 9.58. The van der Waals surface area contributed by atoms with Gasteiger partial charge in [0.1, 0.15) is 0 Å². The number of allylic oxidation sites excluding steroid dienone is 1. The van der Waals surface area contributed by atoms with Gasteiger partial charge in [-0.15, -0.1) is 0 Å². The maximum atomic E-state index is 9.58. The Balaban J connectivity index is 3.91. The monoisotopic (exact) mass is 181 g/mol. The summed E-state index contributed by atoms with van der Waals surface area (Å²) >= 11 is 0. The van der Waals surface area contributed by atoms with E-state index in [1.54, 1.807) is 13.0 Å². The van der Waals surface area contributed by atoms with Crippen LogP contribution in [0.4, 0.5) is 0 Å². The van der Waals surface area contributed by atoms with Crippen LogP contribution in [0.15, 0.2) is 11.6 Å². The van der Waals surface area contributed by atoms with Crippen LogP contribution in [0.25, 0.3) is 0 Å². The van der Waals surface area contributed by atoms with E-state index in [0.29, 0.717) is 12.0 Å². The van der Waals surface area contributed by atoms with Crippen LogP contribution >= 0.6 is 0 Å². The van der Waals surface area contributed by atoms with Crippen LogP contribution in [0.2, 0.25) is 0 Å². The lowest BCUT2D eigenvalue weighted by atomic mass is 9.88. The van der Waals surface area contributed by atoms with Gasteiger partial charge in [-0.1, -0.05) is 26.8 Å². The molecule has 1 atom stereocenters. The molecule has 0 saturated carbocycles. The summed E-state index contributed by atoms with van der Waals surface area (Å²) in [5.74, 6) is 0. The molecule has 0 rings (SSSR count). The molecule has 0 aromatic carbocycles. The lowest BCUT2D eigenvalue weighted by molar-refractivity contribution is 0.124. The molecule has 0 spiro atoms. The fraction of sp³-hybridized carbons (Fsp3) is 0.727. The summed E-state index contributed by atoms with van der Waals surface area (Å²) in [6.45, 7) is 8.04. The Bertz CT molecular complexity index is 217. The van der Waals surface area contributed by atoms with Crippen molar-refractivity contribution in [2.45, 2.75) is 46.6 Å². The Morgan fingerprint density at radius 1 is 1.54 bits per heavy atom. The molecule has 0 aliphatic rings. The second kappa shape index (κ2) is 5.04. The van der Waals surface area contributed by atoms with Gasteiger partial charge in [0.2, 0.25) is 0 Å². The molecule has 0 radical (unpaired) electrons. The fourth-order valence-corrected chi connectivity index (χ4v) is 1.15. The first-order valence-corrected chi connectivity index (χ1v) is 4.60. The zero-order valence-electron chi connectivity index (χ0n) is 8.96. The third-order valence-corrected chi connectivity index (χ3v) is 1.72. The zero-order valence-corrected chi connectivity index (χ0v) is 8.96. The summed E-state index contributed by atoms with van der Waals surface area (Å²) in [4.78, 5) is 0. The third-order valence-electron chi connectivity index (χ3n) is 1.72. The number of aliphatic hydroxyl groups excluding tert-OH is 1. The van der Waals surface area contributed by atoms with E-state index >= 15 is 0 Å². The molecule has 0 unspecified atom stereocenters. The van der Waals surface area contributed by atoms with Gasteiger partial charge in [0, 0.05) is 5.57 Å². The average Bonchev–Trinajstić information content (AvgIpc) is 1.97. The average molecular weight is 181 g/mol. The van der Waals surface area contributed by atoms with Gasteiger partial charge in [0.15, 0.2) is 0 Å². The summed E-state index contributed by atoms with van der Waals surface area (Å²) in [5.41, 5.74) is 0.821. The molecule has 1 N–H and O–H groups in total. The predicted molar refractivity (Wildman–Crippen MR) is 54.1 cm³/mol. The van der Waals surface area contributed by atoms with Crippen LogP contribution in [0.5, 0.6) is 0 Å². The van der Waals surface area contributed by atoms with E-state index in [1.807, 2.05) is 6.07 Å². The minimum absolute atomic E-state index is 0.147. The summed E-state index contributed by atoms with van der Waals surface area (Å²) in [6.07, 6.45) is 2.80. The molecule has 74 valence electrons. The van der Waals surface area contributed by atoms with Crippen molar-refractivity contribution >= 4 is 0 Å². The molecule has 2 nitrogen and oxygen atoms in total. The summed E-state index contributed by atoms with van der Waals surface area (Å²) < 4.78 is 0. The highest BCUT2D eigenvalue weighted by molar-refractivity contribution is 5.17. The molecule has 0 amide bonds. The minimum atomic E-state index is -0.330. The minimum Gasteiger partial charge on any atom is -0.393 e. The highest BCUT2D eigenvalue weighted by Crippen LogP contribution is 2.22. The van der Waals surface area contributed by atoms with Gasteiger partial charge in [0.25, 0.3) is 0 Å². The van der Waals surface area contributed by atoms with Gasteiger partial charge in [-0.25, -0.2) is 0 Å². The Morgan fingerprint density at radius 2 is 2.08 bits per heavy atom. The molecular weight excluding hydrogens is 162 g/mol. The van der Waals surface area contributed by atoms with E-state index < -0.39 is 0 Å². The number of hydrogen-bond acceptors (Lipinski definition) is 2. The molecule has 0 bridgehead atoms. The Morgan fingerprint density at radius 3 is 2.46 bits per heavy atom. The topological polar surface area (TPSA) is 44.0 Å². The van der Waals surface area contributed by atoms with Gasteiger partial charge in [-0.3, -0.25) is 0 Å². The molecule has 13 heavy (non-hydrogen) atoms.